The highest BCUT2D eigenvalue weighted by atomic mass is 16.4. The Hall–Kier alpha value is -1.26. The first-order valence-corrected chi connectivity index (χ1v) is 6.58. The summed E-state index contributed by atoms with van der Waals surface area (Å²) in [5, 5.41) is 14.3. The van der Waals surface area contributed by atoms with Crippen LogP contribution in [0.4, 0.5) is 4.79 Å². The fourth-order valence-electron chi connectivity index (χ4n) is 2.00. The number of hydrogen-bond acceptors (Lipinski definition) is 2. The number of hydrogen-bond donors (Lipinski definition) is 3. The van der Waals surface area contributed by atoms with Gasteiger partial charge in [-0.05, 0) is 17.8 Å². The van der Waals surface area contributed by atoms with Gasteiger partial charge in [-0.2, -0.15) is 0 Å². The number of nitrogens with one attached hydrogen (secondary N) is 2. The van der Waals surface area contributed by atoms with Crippen LogP contribution < -0.4 is 10.6 Å². The zero-order valence-electron chi connectivity index (χ0n) is 11.5. The largest absolute Gasteiger partial charge is 0.480 e. The molecule has 5 nitrogen and oxygen atoms in total. The first kappa shape index (κ1) is 14.8. The van der Waals surface area contributed by atoms with Gasteiger partial charge in [-0.3, -0.25) is 0 Å². The zero-order valence-corrected chi connectivity index (χ0v) is 11.5. The molecular formula is C13H24N2O3. The van der Waals surface area contributed by atoms with E-state index in [1.165, 1.54) is 19.3 Å². The van der Waals surface area contributed by atoms with E-state index in [9.17, 15) is 9.59 Å². The lowest BCUT2D eigenvalue weighted by Gasteiger charge is -2.28. The lowest BCUT2D eigenvalue weighted by Crippen LogP contribution is -2.52. The van der Waals surface area contributed by atoms with E-state index in [-0.39, 0.29) is 0 Å². The summed E-state index contributed by atoms with van der Waals surface area (Å²) in [6, 6.07) is -1.27. The van der Waals surface area contributed by atoms with Gasteiger partial charge in [0.15, 0.2) is 0 Å². The Morgan fingerprint density at radius 3 is 2.33 bits per heavy atom. The standard InChI is InChI=1S/C13H24N2O3/c1-13(2,3)10(11(16)17)15-12(18)14-8-7-9-5-4-6-9/h9-10H,4-8H2,1-3H3,(H,16,17)(H2,14,15,18). The number of rotatable bonds is 5. The SMILES string of the molecule is CC(C)(C)C(NC(=O)NCCC1CCC1)C(=O)O. The van der Waals surface area contributed by atoms with Crippen LogP contribution in [0.3, 0.4) is 0 Å². The van der Waals surface area contributed by atoms with Crippen molar-refractivity contribution >= 4 is 12.0 Å². The Labute approximate surface area is 108 Å². The van der Waals surface area contributed by atoms with Crippen molar-refractivity contribution in [3.05, 3.63) is 0 Å². The van der Waals surface area contributed by atoms with Crippen molar-refractivity contribution in [1.29, 1.82) is 0 Å². The van der Waals surface area contributed by atoms with Crippen molar-refractivity contribution < 1.29 is 14.7 Å². The lowest BCUT2D eigenvalue weighted by molar-refractivity contribution is -0.141. The van der Waals surface area contributed by atoms with E-state index < -0.39 is 23.5 Å². The predicted octanol–water partition coefficient (Wildman–Crippen LogP) is 1.98. The van der Waals surface area contributed by atoms with E-state index >= 15 is 0 Å². The Morgan fingerprint density at radius 1 is 1.33 bits per heavy atom. The molecule has 5 heteroatoms. The Morgan fingerprint density at radius 2 is 1.94 bits per heavy atom. The first-order chi connectivity index (χ1) is 8.30. The minimum Gasteiger partial charge on any atom is -0.480 e. The van der Waals surface area contributed by atoms with Gasteiger partial charge in [-0.25, -0.2) is 9.59 Å². The summed E-state index contributed by atoms with van der Waals surface area (Å²) in [6.45, 7) is 5.99. The summed E-state index contributed by atoms with van der Waals surface area (Å²) in [5.74, 6) is -0.264. The van der Waals surface area contributed by atoms with Crippen molar-refractivity contribution in [2.75, 3.05) is 6.54 Å². The molecule has 0 radical (unpaired) electrons. The number of aliphatic carboxylic acids is 1. The predicted molar refractivity (Wildman–Crippen MR) is 69.4 cm³/mol. The quantitative estimate of drug-likeness (QED) is 0.703. The van der Waals surface area contributed by atoms with Gasteiger partial charge < -0.3 is 15.7 Å². The number of carbonyl (C=O) groups excluding carboxylic acids is 1. The molecule has 104 valence electrons. The number of carboxylic acids is 1. The smallest absolute Gasteiger partial charge is 0.326 e. The maximum Gasteiger partial charge on any atom is 0.326 e. The van der Waals surface area contributed by atoms with Crippen LogP contribution in [0.15, 0.2) is 0 Å². The second-order valence-corrected chi connectivity index (χ2v) is 6.12. The van der Waals surface area contributed by atoms with Crippen molar-refractivity contribution in [3.63, 3.8) is 0 Å². The van der Waals surface area contributed by atoms with E-state index in [0.29, 0.717) is 6.54 Å². The Kier molecular flexibility index (Phi) is 4.99. The molecule has 0 aromatic heterocycles. The zero-order chi connectivity index (χ0) is 13.8. The molecule has 2 amide bonds. The third-order valence-electron chi connectivity index (χ3n) is 3.45. The fourth-order valence-corrected chi connectivity index (χ4v) is 2.00. The number of amides is 2. The molecule has 1 fully saturated rings. The van der Waals surface area contributed by atoms with E-state index in [0.717, 1.165) is 12.3 Å². The van der Waals surface area contributed by atoms with Crippen LogP contribution in [0.25, 0.3) is 0 Å². The molecule has 3 N–H and O–H groups in total. The highest BCUT2D eigenvalue weighted by Crippen LogP contribution is 2.28. The number of urea groups is 1. The molecule has 1 aliphatic carbocycles. The maximum absolute atomic E-state index is 11.6. The van der Waals surface area contributed by atoms with Gasteiger partial charge >= 0.3 is 12.0 Å². The van der Waals surface area contributed by atoms with Crippen LogP contribution in [-0.2, 0) is 4.79 Å². The average molecular weight is 256 g/mol. The highest BCUT2D eigenvalue weighted by molar-refractivity contribution is 5.83. The molecule has 0 saturated heterocycles. The summed E-state index contributed by atoms with van der Waals surface area (Å²) in [7, 11) is 0. The molecule has 1 rings (SSSR count). The number of carbonyl (C=O) groups is 2. The molecule has 0 aromatic rings. The normalized spacial score (nSPS) is 17.7. The summed E-state index contributed by atoms with van der Waals surface area (Å²) in [6.07, 6.45) is 4.79. The molecule has 0 aromatic carbocycles. The second kappa shape index (κ2) is 6.07. The van der Waals surface area contributed by atoms with Gasteiger partial charge in [0.05, 0.1) is 0 Å². The number of carboxylic acid groups (broad SMARTS) is 1. The van der Waals surface area contributed by atoms with Gasteiger partial charge in [0.2, 0.25) is 0 Å². The van der Waals surface area contributed by atoms with Gasteiger partial charge in [-0.1, -0.05) is 40.0 Å². The summed E-state index contributed by atoms with van der Waals surface area (Å²) >= 11 is 0. The molecule has 0 spiro atoms. The average Bonchev–Trinajstić information content (AvgIpc) is 2.16. The van der Waals surface area contributed by atoms with Crippen molar-refractivity contribution in [3.8, 4) is 0 Å². The van der Waals surface area contributed by atoms with E-state index in [1.807, 2.05) is 0 Å². The first-order valence-electron chi connectivity index (χ1n) is 6.58. The summed E-state index contributed by atoms with van der Waals surface area (Å²) in [5.41, 5.74) is -0.503. The lowest BCUT2D eigenvalue weighted by atomic mass is 9.83. The summed E-state index contributed by atoms with van der Waals surface area (Å²) < 4.78 is 0. The van der Waals surface area contributed by atoms with E-state index in [2.05, 4.69) is 10.6 Å². The third-order valence-corrected chi connectivity index (χ3v) is 3.45. The van der Waals surface area contributed by atoms with Crippen molar-refractivity contribution in [2.24, 2.45) is 11.3 Å². The third kappa shape index (κ3) is 4.55. The van der Waals surface area contributed by atoms with Crippen LogP contribution in [0.1, 0.15) is 46.5 Å². The van der Waals surface area contributed by atoms with Crippen LogP contribution in [0, 0.1) is 11.3 Å². The van der Waals surface area contributed by atoms with Gasteiger partial charge in [-0.15, -0.1) is 0 Å². The second-order valence-electron chi connectivity index (χ2n) is 6.12. The Balaban J connectivity index is 2.29. The molecule has 0 heterocycles. The van der Waals surface area contributed by atoms with Gasteiger partial charge in [0.25, 0.3) is 0 Å². The molecule has 1 unspecified atom stereocenters. The minimum atomic E-state index is -1.00. The van der Waals surface area contributed by atoms with E-state index in [4.69, 9.17) is 5.11 Å². The molecule has 0 aliphatic heterocycles. The topological polar surface area (TPSA) is 78.4 Å². The molecule has 18 heavy (non-hydrogen) atoms. The maximum atomic E-state index is 11.6. The minimum absolute atomic E-state index is 0.392. The Bertz CT molecular complexity index is 306. The molecule has 0 bridgehead atoms. The van der Waals surface area contributed by atoms with Crippen molar-refractivity contribution in [2.45, 2.75) is 52.5 Å². The molecule has 1 saturated carbocycles. The van der Waals surface area contributed by atoms with E-state index in [1.54, 1.807) is 20.8 Å². The van der Waals surface area contributed by atoms with Crippen LogP contribution in [-0.4, -0.2) is 29.7 Å². The highest BCUT2D eigenvalue weighted by Gasteiger charge is 2.32. The van der Waals surface area contributed by atoms with Crippen LogP contribution in [0.5, 0.6) is 0 Å². The molecular weight excluding hydrogens is 232 g/mol. The molecule has 1 atom stereocenters. The van der Waals surface area contributed by atoms with Gasteiger partial charge in [0, 0.05) is 6.54 Å². The van der Waals surface area contributed by atoms with Crippen LogP contribution >= 0.6 is 0 Å². The fraction of sp³-hybridized carbons (Fsp3) is 0.846. The van der Waals surface area contributed by atoms with Gasteiger partial charge in [0.1, 0.15) is 6.04 Å². The van der Waals surface area contributed by atoms with Crippen molar-refractivity contribution in [1.82, 2.24) is 10.6 Å². The van der Waals surface area contributed by atoms with Crippen LogP contribution in [0.2, 0.25) is 0 Å². The monoisotopic (exact) mass is 256 g/mol. The summed E-state index contributed by atoms with van der Waals surface area (Å²) in [4.78, 5) is 22.7. The molecule has 1 aliphatic rings.